The van der Waals surface area contributed by atoms with Gasteiger partial charge in [0.15, 0.2) is 0 Å². The Bertz CT molecular complexity index is 1650. The van der Waals surface area contributed by atoms with Crippen molar-refractivity contribution in [2.45, 2.75) is 13.0 Å². The fourth-order valence-electron chi connectivity index (χ4n) is 4.46. The van der Waals surface area contributed by atoms with E-state index in [9.17, 15) is 0 Å². The van der Waals surface area contributed by atoms with Crippen LogP contribution in [0.2, 0.25) is 5.02 Å². The van der Waals surface area contributed by atoms with Gasteiger partial charge < -0.3 is 5.32 Å². The van der Waals surface area contributed by atoms with Gasteiger partial charge in [0.2, 0.25) is 5.95 Å². The van der Waals surface area contributed by atoms with E-state index in [1.807, 2.05) is 67.5 Å². The summed E-state index contributed by atoms with van der Waals surface area (Å²) < 4.78 is 15.3. The Kier molecular flexibility index (Phi) is 7.83. The van der Waals surface area contributed by atoms with Crippen LogP contribution in [-0.4, -0.2) is 41.2 Å². The fourth-order valence-corrected chi connectivity index (χ4v) is 4.63. The van der Waals surface area contributed by atoms with Crippen LogP contribution in [0.3, 0.4) is 0 Å². The number of anilines is 2. The molecule has 0 aliphatic carbocycles. The van der Waals surface area contributed by atoms with Gasteiger partial charge in [-0.2, -0.15) is 0 Å². The van der Waals surface area contributed by atoms with Gasteiger partial charge in [-0.25, -0.2) is 14.4 Å². The summed E-state index contributed by atoms with van der Waals surface area (Å²) in [6.07, 6.45) is 4.04. The average molecular weight is 536 g/mol. The van der Waals surface area contributed by atoms with E-state index < -0.39 is 0 Å². The third kappa shape index (κ3) is 5.91. The van der Waals surface area contributed by atoms with Crippen molar-refractivity contribution < 1.29 is 4.39 Å². The molecule has 0 spiro atoms. The quantitative estimate of drug-likeness (QED) is 0.221. The summed E-state index contributed by atoms with van der Waals surface area (Å²) in [6.45, 7) is 4.82. The Morgan fingerprint density at radius 1 is 1.10 bits per heavy atom. The number of nitrogens with one attached hydrogen (secondary N) is 1. The number of aromatic nitrogens is 2. The van der Waals surface area contributed by atoms with Gasteiger partial charge in [0, 0.05) is 44.7 Å². The smallest absolute Gasteiger partial charge is 0.227 e. The van der Waals surface area contributed by atoms with Crippen LogP contribution in [0, 0.1) is 17.7 Å². The lowest BCUT2D eigenvalue weighted by Gasteiger charge is -2.15. The predicted molar refractivity (Wildman–Crippen MR) is 157 cm³/mol. The minimum absolute atomic E-state index is 0.302. The lowest BCUT2D eigenvalue weighted by Crippen LogP contribution is -2.11. The Hall–Kier alpha value is -4.31. The standard InChI is InChI=1S/C32H27ClFN5/c1-4-8-22-11-6-13-28(34)29(22)31-27-18-24(33)14-15-26(27)30-23(19-35-31)20-36-32(38-30)37-25-12-5-9-21(17-25)10-7-16-39(2)3/h4-6,9,11-15,17-18,20H,1,8,16,19H2,2-3H3,(H,36,37,38). The number of allylic oxidation sites excluding steroid dienone is 1. The molecule has 0 fully saturated rings. The van der Waals surface area contributed by atoms with E-state index in [4.69, 9.17) is 21.6 Å². The number of nitrogens with zero attached hydrogens (tertiary/aromatic N) is 4. The van der Waals surface area contributed by atoms with Gasteiger partial charge in [-0.05, 0) is 62.5 Å². The van der Waals surface area contributed by atoms with E-state index >= 15 is 4.39 Å². The molecule has 1 aromatic heterocycles. The monoisotopic (exact) mass is 535 g/mol. The summed E-state index contributed by atoms with van der Waals surface area (Å²) in [5, 5.41) is 3.83. The van der Waals surface area contributed by atoms with Crippen LogP contribution in [-0.2, 0) is 13.0 Å². The fraction of sp³-hybridized carbons (Fsp3) is 0.156. The van der Waals surface area contributed by atoms with Crippen LogP contribution in [0.4, 0.5) is 16.0 Å². The lowest BCUT2D eigenvalue weighted by atomic mass is 9.91. The van der Waals surface area contributed by atoms with E-state index in [1.165, 1.54) is 6.07 Å². The molecule has 1 aliphatic rings. The first-order chi connectivity index (χ1) is 18.9. The molecule has 1 N–H and O–H groups in total. The van der Waals surface area contributed by atoms with Crippen LogP contribution in [0.1, 0.15) is 27.8 Å². The second kappa shape index (κ2) is 11.6. The highest BCUT2D eigenvalue weighted by Gasteiger charge is 2.24. The van der Waals surface area contributed by atoms with Crippen molar-refractivity contribution >= 4 is 28.9 Å². The highest BCUT2D eigenvalue weighted by Crippen LogP contribution is 2.35. The van der Waals surface area contributed by atoms with Crippen LogP contribution >= 0.6 is 11.6 Å². The molecule has 0 atom stereocenters. The van der Waals surface area contributed by atoms with Crippen molar-refractivity contribution in [1.82, 2.24) is 14.9 Å². The molecular weight excluding hydrogens is 509 g/mol. The summed E-state index contributed by atoms with van der Waals surface area (Å²) in [5.41, 5.74) is 6.62. The summed E-state index contributed by atoms with van der Waals surface area (Å²) >= 11 is 6.43. The zero-order chi connectivity index (χ0) is 27.4. The van der Waals surface area contributed by atoms with Gasteiger partial charge in [0.25, 0.3) is 0 Å². The highest BCUT2D eigenvalue weighted by atomic mass is 35.5. The molecule has 5 rings (SSSR count). The first kappa shape index (κ1) is 26.3. The van der Waals surface area contributed by atoms with Gasteiger partial charge in [-0.1, -0.05) is 53.8 Å². The minimum Gasteiger partial charge on any atom is -0.324 e. The van der Waals surface area contributed by atoms with Crippen LogP contribution < -0.4 is 5.32 Å². The highest BCUT2D eigenvalue weighted by molar-refractivity contribution is 6.31. The van der Waals surface area contributed by atoms with Crippen molar-refractivity contribution in [1.29, 1.82) is 0 Å². The summed E-state index contributed by atoms with van der Waals surface area (Å²) in [6, 6.07) is 18.4. The number of hydrogen-bond acceptors (Lipinski definition) is 5. The molecule has 39 heavy (non-hydrogen) atoms. The first-order valence-corrected chi connectivity index (χ1v) is 12.9. The third-order valence-electron chi connectivity index (χ3n) is 6.21. The van der Waals surface area contributed by atoms with Crippen LogP contribution in [0.15, 0.2) is 84.5 Å². The molecular formula is C32H27ClFN5. The van der Waals surface area contributed by atoms with Crippen molar-refractivity contribution in [3.05, 3.63) is 118 Å². The van der Waals surface area contributed by atoms with Crippen LogP contribution in [0.5, 0.6) is 0 Å². The zero-order valence-electron chi connectivity index (χ0n) is 21.8. The number of halogens is 2. The van der Waals surface area contributed by atoms with Crippen molar-refractivity contribution in [3.63, 3.8) is 0 Å². The maximum Gasteiger partial charge on any atom is 0.227 e. The Morgan fingerprint density at radius 3 is 2.77 bits per heavy atom. The second-order valence-corrected chi connectivity index (χ2v) is 9.87. The Morgan fingerprint density at radius 2 is 1.95 bits per heavy atom. The number of hydrogen-bond donors (Lipinski definition) is 1. The third-order valence-corrected chi connectivity index (χ3v) is 6.45. The normalized spacial score (nSPS) is 12.0. The van der Waals surface area contributed by atoms with Gasteiger partial charge in [0.05, 0.1) is 24.5 Å². The molecule has 7 heteroatoms. The molecule has 0 radical (unpaired) electrons. The number of benzene rings is 3. The van der Waals surface area contributed by atoms with Crippen molar-refractivity contribution in [2.75, 3.05) is 26.0 Å². The summed E-state index contributed by atoms with van der Waals surface area (Å²) in [5.74, 6) is 6.43. The predicted octanol–water partition coefficient (Wildman–Crippen LogP) is 6.67. The van der Waals surface area contributed by atoms with E-state index in [0.29, 0.717) is 41.8 Å². The molecule has 2 heterocycles. The topological polar surface area (TPSA) is 53.4 Å². The lowest BCUT2D eigenvalue weighted by molar-refractivity contribution is 0.464. The Labute approximate surface area is 233 Å². The van der Waals surface area contributed by atoms with Crippen molar-refractivity contribution in [2.24, 2.45) is 4.99 Å². The first-order valence-electron chi connectivity index (χ1n) is 12.5. The SMILES string of the molecule is C=CCc1cccc(F)c1C1=NCc2cnc(Nc3cccc(C#CCN(C)C)c3)nc2-c2ccc(Cl)cc21. The number of fused-ring (bicyclic) bond motifs is 3. The molecule has 0 amide bonds. The van der Waals surface area contributed by atoms with E-state index in [0.717, 1.165) is 39.2 Å². The van der Waals surface area contributed by atoms with E-state index in [1.54, 1.807) is 18.3 Å². The van der Waals surface area contributed by atoms with E-state index in [-0.39, 0.29) is 5.82 Å². The van der Waals surface area contributed by atoms with E-state index in [2.05, 4.69) is 28.7 Å². The second-order valence-electron chi connectivity index (χ2n) is 9.43. The maximum absolute atomic E-state index is 15.3. The molecule has 194 valence electrons. The molecule has 0 saturated heterocycles. The van der Waals surface area contributed by atoms with Crippen molar-refractivity contribution in [3.8, 4) is 23.1 Å². The molecule has 0 bridgehead atoms. The summed E-state index contributed by atoms with van der Waals surface area (Å²) in [7, 11) is 3.97. The molecule has 0 saturated carbocycles. The van der Waals surface area contributed by atoms with Crippen LogP contribution in [0.25, 0.3) is 11.3 Å². The van der Waals surface area contributed by atoms with Gasteiger partial charge >= 0.3 is 0 Å². The van der Waals surface area contributed by atoms with Gasteiger partial charge in [0.1, 0.15) is 5.82 Å². The molecule has 1 aliphatic heterocycles. The summed E-state index contributed by atoms with van der Waals surface area (Å²) in [4.78, 5) is 16.3. The average Bonchev–Trinajstić information content (AvgIpc) is 3.05. The number of aliphatic imine (C=N–C) groups is 1. The largest absolute Gasteiger partial charge is 0.324 e. The molecule has 4 aromatic rings. The molecule has 0 unspecified atom stereocenters. The number of rotatable bonds is 6. The van der Waals surface area contributed by atoms with Gasteiger partial charge in [-0.15, -0.1) is 6.58 Å². The van der Waals surface area contributed by atoms with Gasteiger partial charge in [-0.3, -0.25) is 9.89 Å². The minimum atomic E-state index is -0.341. The zero-order valence-corrected chi connectivity index (χ0v) is 22.6. The molecule has 3 aromatic carbocycles. The molecule has 5 nitrogen and oxygen atoms in total. The Balaban J connectivity index is 1.54. The maximum atomic E-state index is 15.3.